The molecule has 1 aromatic heterocycles. The average Bonchev–Trinajstić information content (AvgIpc) is 3.10. The molecule has 2 heterocycles. The van der Waals surface area contributed by atoms with E-state index < -0.39 is 0 Å². The zero-order chi connectivity index (χ0) is 13.1. The van der Waals surface area contributed by atoms with Crippen LogP contribution in [0.15, 0.2) is 0 Å². The second kappa shape index (κ2) is 6.31. The number of methoxy groups -OCH3 is 1. The Kier molecular flexibility index (Phi) is 4.48. The second-order valence-electron chi connectivity index (χ2n) is 5.25. The van der Waals surface area contributed by atoms with Gasteiger partial charge in [0.05, 0.1) is 24.4 Å². The lowest BCUT2D eigenvalue weighted by Gasteiger charge is -2.22. The normalized spacial score (nSPS) is 23.7. The molecule has 0 saturated carbocycles. The Labute approximate surface area is 118 Å². The molecule has 0 amide bonds. The molecule has 1 aliphatic carbocycles. The van der Waals surface area contributed by atoms with Crippen molar-refractivity contribution in [3.8, 4) is 0 Å². The van der Waals surface area contributed by atoms with Gasteiger partial charge in [0, 0.05) is 25.1 Å². The van der Waals surface area contributed by atoms with Gasteiger partial charge in [-0.1, -0.05) is 0 Å². The van der Waals surface area contributed by atoms with Crippen molar-refractivity contribution < 1.29 is 9.47 Å². The first-order chi connectivity index (χ1) is 9.38. The Morgan fingerprint density at radius 2 is 2.42 bits per heavy atom. The van der Waals surface area contributed by atoms with Crippen molar-refractivity contribution >= 4 is 11.3 Å². The predicted molar refractivity (Wildman–Crippen MR) is 75.7 cm³/mol. The van der Waals surface area contributed by atoms with Gasteiger partial charge >= 0.3 is 0 Å². The molecule has 1 N–H and O–H groups in total. The minimum absolute atomic E-state index is 0.244. The van der Waals surface area contributed by atoms with Crippen molar-refractivity contribution in [2.24, 2.45) is 0 Å². The molecular weight excluding hydrogens is 260 g/mol. The van der Waals surface area contributed by atoms with E-state index in [-0.39, 0.29) is 12.1 Å². The van der Waals surface area contributed by atoms with Crippen molar-refractivity contribution in [2.75, 3.05) is 26.9 Å². The van der Waals surface area contributed by atoms with Crippen molar-refractivity contribution in [2.45, 2.75) is 44.2 Å². The molecule has 0 aromatic carbocycles. The van der Waals surface area contributed by atoms with Crippen LogP contribution in [0.4, 0.5) is 0 Å². The van der Waals surface area contributed by atoms with E-state index in [1.807, 2.05) is 11.3 Å². The molecule has 0 spiro atoms. The summed E-state index contributed by atoms with van der Waals surface area (Å²) in [4.78, 5) is 6.34. The molecule has 0 bridgehead atoms. The molecule has 1 aromatic rings. The predicted octanol–water partition coefficient (Wildman–Crippen LogP) is 2.09. The molecule has 19 heavy (non-hydrogen) atoms. The lowest BCUT2D eigenvalue weighted by atomic mass is 10.1. The summed E-state index contributed by atoms with van der Waals surface area (Å²) in [6.45, 7) is 2.47. The first-order valence-electron chi connectivity index (χ1n) is 7.21. The summed E-state index contributed by atoms with van der Waals surface area (Å²) in [6.07, 6.45) is 6.22. The van der Waals surface area contributed by atoms with E-state index in [1.165, 1.54) is 28.4 Å². The fourth-order valence-electron chi connectivity index (χ4n) is 2.90. The summed E-state index contributed by atoms with van der Waals surface area (Å²) in [5.41, 5.74) is 1.33. The number of nitrogens with zero attached hydrogens (tertiary/aromatic N) is 1. The van der Waals surface area contributed by atoms with Crippen LogP contribution in [-0.2, 0) is 22.3 Å². The number of hydrogen-bond donors (Lipinski definition) is 1. The summed E-state index contributed by atoms with van der Waals surface area (Å²) < 4.78 is 11.0. The number of rotatable bonds is 6. The number of aromatic nitrogens is 1. The SMILES string of the molecule is COCCNC(c1nc2c(s1)CCC2)C1CCCO1. The third-order valence-corrected chi connectivity index (χ3v) is 5.13. The molecule has 106 valence electrons. The quantitative estimate of drug-likeness (QED) is 0.811. The standard InChI is InChI=1S/C14H22N2O2S/c1-17-9-7-15-13(11-5-3-8-18-11)14-16-10-4-2-6-12(10)19-14/h11,13,15H,2-9H2,1H3. The molecule has 1 fully saturated rings. The fraction of sp³-hybridized carbons (Fsp3) is 0.786. The maximum atomic E-state index is 5.86. The van der Waals surface area contributed by atoms with Gasteiger partial charge in [-0.3, -0.25) is 0 Å². The van der Waals surface area contributed by atoms with E-state index in [0.717, 1.165) is 39.0 Å². The van der Waals surface area contributed by atoms with E-state index in [2.05, 4.69) is 5.32 Å². The summed E-state index contributed by atoms with van der Waals surface area (Å²) in [5.74, 6) is 0. The maximum Gasteiger partial charge on any atom is 0.113 e. The number of ether oxygens (including phenoxy) is 2. The van der Waals surface area contributed by atoms with Gasteiger partial charge in [0.1, 0.15) is 5.01 Å². The first-order valence-corrected chi connectivity index (χ1v) is 8.02. The van der Waals surface area contributed by atoms with Crippen LogP contribution in [0.3, 0.4) is 0 Å². The van der Waals surface area contributed by atoms with Crippen LogP contribution in [-0.4, -0.2) is 38.0 Å². The molecule has 0 radical (unpaired) electrons. The van der Waals surface area contributed by atoms with Crippen LogP contribution in [0.1, 0.15) is 40.9 Å². The van der Waals surface area contributed by atoms with Gasteiger partial charge in [0.2, 0.25) is 0 Å². The lowest BCUT2D eigenvalue weighted by molar-refractivity contribution is 0.0747. The highest BCUT2D eigenvalue weighted by atomic mass is 32.1. The van der Waals surface area contributed by atoms with Crippen LogP contribution >= 0.6 is 11.3 Å². The van der Waals surface area contributed by atoms with Gasteiger partial charge in [-0.05, 0) is 32.1 Å². The van der Waals surface area contributed by atoms with E-state index in [9.17, 15) is 0 Å². The summed E-state index contributed by atoms with van der Waals surface area (Å²) in [7, 11) is 1.74. The van der Waals surface area contributed by atoms with Gasteiger partial charge in [0.15, 0.2) is 0 Å². The number of nitrogens with one attached hydrogen (secondary N) is 1. The van der Waals surface area contributed by atoms with E-state index in [4.69, 9.17) is 14.5 Å². The van der Waals surface area contributed by atoms with Crippen LogP contribution in [0.2, 0.25) is 0 Å². The third-order valence-electron chi connectivity index (χ3n) is 3.89. The summed E-state index contributed by atoms with van der Waals surface area (Å²) >= 11 is 1.88. The van der Waals surface area contributed by atoms with Crippen molar-refractivity contribution in [1.29, 1.82) is 0 Å². The zero-order valence-corrected chi connectivity index (χ0v) is 12.3. The minimum atomic E-state index is 0.244. The lowest BCUT2D eigenvalue weighted by Crippen LogP contribution is -2.33. The van der Waals surface area contributed by atoms with Crippen LogP contribution in [0.25, 0.3) is 0 Å². The monoisotopic (exact) mass is 282 g/mol. The highest BCUT2D eigenvalue weighted by Crippen LogP contribution is 2.34. The van der Waals surface area contributed by atoms with Crippen LogP contribution < -0.4 is 5.32 Å². The van der Waals surface area contributed by atoms with Gasteiger partial charge in [-0.2, -0.15) is 0 Å². The number of aryl methyl sites for hydroxylation is 2. The molecular formula is C14H22N2O2S. The number of hydrogen-bond acceptors (Lipinski definition) is 5. The Bertz CT molecular complexity index is 394. The average molecular weight is 282 g/mol. The van der Waals surface area contributed by atoms with Gasteiger partial charge in [-0.15, -0.1) is 11.3 Å². The fourth-order valence-corrected chi connectivity index (χ4v) is 4.19. The molecule has 2 atom stereocenters. The summed E-state index contributed by atoms with van der Waals surface area (Å²) in [6, 6.07) is 0.244. The Hall–Kier alpha value is -0.490. The Morgan fingerprint density at radius 1 is 1.47 bits per heavy atom. The van der Waals surface area contributed by atoms with Crippen molar-refractivity contribution in [3.05, 3.63) is 15.6 Å². The van der Waals surface area contributed by atoms with E-state index in [0.29, 0.717) is 0 Å². The smallest absolute Gasteiger partial charge is 0.113 e. The van der Waals surface area contributed by atoms with Gasteiger partial charge in [-0.25, -0.2) is 4.98 Å². The zero-order valence-electron chi connectivity index (χ0n) is 11.5. The van der Waals surface area contributed by atoms with Crippen LogP contribution in [0.5, 0.6) is 0 Å². The van der Waals surface area contributed by atoms with E-state index in [1.54, 1.807) is 7.11 Å². The second-order valence-corrected chi connectivity index (χ2v) is 6.37. The molecule has 1 saturated heterocycles. The number of fused-ring (bicyclic) bond motifs is 1. The molecule has 2 aliphatic rings. The highest BCUT2D eigenvalue weighted by molar-refractivity contribution is 7.11. The molecule has 1 aliphatic heterocycles. The largest absolute Gasteiger partial charge is 0.383 e. The third kappa shape index (κ3) is 2.99. The highest BCUT2D eigenvalue weighted by Gasteiger charge is 2.30. The van der Waals surface area contributed by atoms with Crippen molar-refractivity contribution in [1.82, 2.24) is 10.3 Å². The minimum Gasteiger partial charge on any atom is -0.383 e. The Balaban J connectivity index is 1.72. The molecule has 2 unspecified atom stereocenters. The topological polar surface area (TPSA) is 43.4 Å². The first kappa shape index (κ1) is 13.5. The summed E-state index contributed by atoms with van der Waals surface area (Å²) in [5, 5.41) is 4.78. The Morgan fingerprint density at radius 3 is 3.16 bits per heavy atom. The van der Waals surface area contributed by atoms with Gasteiger partial charge < -0.3 is 14.8 Å². The molecule has 4 nitrogen and oxygen atoms in total. The van der Waals surface area contributed by atoms with Crippen molar-refractivity contribution in [3.63, 3.8) is 0 Å². The number of thiazole rings is 1. The van der Waals surface area contributed by atoms with Gasteiger partial charge in [0.25, 0.3) is 0 Å². The molecule has 5 heteroatoms. The van der Waals surface area contributed by atoms with E-state index >= 15 is 0 Å². The molecule has 3 rings (SSSR count). The maximum absolute atomic E-state index is 5.86. The van der Waals surface area contributed by atoms with Crippen LogP contribution in [0, 0.1) is 0 Å².